The molecular weight excluding hydrogens is 248 g/mol. The first-order chi connectivity index (χ1) is 8.84. The van der Waals surface area contributed by atoms with Crippen molar-refractivity contribution in [1.82, 2.24) is 15.5 Å². The number of nitrogens with zero attached hydrogens (tertiary/aromatic N) is 2. The average molecular weight is 263 g/mol. The number of aromatic nitrogens is 2. The molecule has 0 aliphatic carbocycles. The Morgan fingerprint density at radius 1 is 1.17 bits per heavy atom. The molecule has 0 unspecified atom stereocenters. The molecule has 3 rings (SSSR count). The smallest absolute Gasteiger partial charge is 0.151 e. The molecule has 1 aliphatic heterocycles. The summed E-state index contributed by atoms with van der Waals surface area (Å²) in [7, 11) is 0. The summed E-state index contributed by atoms with van der Waals surface area (Å²) in [6, 6.07) is 9.86. The molecule has 1 saturated heterocycles. The van der Waals surface area contributed by atoms with Crippen LogP contribution in [0.4, 0.5) is 5.82 Å². The van der Waals surface area contributed by atoms with Crippen molar-refractivity contribution in [2.24, 2.45) is 0 Å². The first-order valence-electron chi connectivity index (χ1n) is 6.10. The van der Waals surface area contributed by atoms with Crippen LogP contribution in [-0.2, 0) is 0 Å². The lowest BCUT2D eigenvalue weighted by Crippen LogP contribution is -2.43. The van der Waals surface area contributed by atoms with Crippen LogP contribution in [0.3, 0.4) is 0 Å². The van der Waals surface area contributed by atoms with Crippen molar-refractivity contribution in [1.29, 1.82) is 0 Å². The number of piperazine rings is 1. The Hall–Kier alpha value is -1.52. The molecule has 1 aromatic carbocycles. The topological polar surface area (TPSA) is 44.0 Å². The maximum absolute atomic E-state index is 6.18. The second-order valence-corrected chi connectivity index (χ2v) is 4.76. The van der Waals surface area contributed by atoms with E-state index < -0.39 is 0 Å². The predicted molar refractivity (Wildman–Crippen MR) is 74.1 cm³/mol. The van der Waals surface area contributed by atoms with E-state index in [1.165, 1.54) is 0 Å². The molecule has 0 amide bonds. The van der Waals surface area contributed by atoms with Crippen molar-refractivity contribution in [3.8, 4) is 11.3 Å². The summed E-state index contributed by atoms with van der Waals surface area (Å²) in [5.74, 6) is 0.992. The van der Waals surface area contributed by atoms with E-state index in [1.807, 2.05) is 24.3 Å². The number of anilines is 1. The minimum absolute atomic E-state index is 0.744. The Morgan fingerprint density at radius 2 is 1.94 bits per heavy atom. The molecule has 0 bridgehead atoms. The van der Waals surface area contributed by atoms with Crippen LogP contribution in [0, 0.1) is 0 Å². The zero-order valence-electron chi connectivity index (χ0n) is 9.99. The van der Waals surface area contributed by atoms with E-state index in [1.54, 1.807) is 0 Å². The Labute approximate surface area is 111 Å². The number of aromatic amines is 1. The molecule has 0 spiro atoms. The third kappa shape index (κ3) is 2.21. The van der Waals surface area contributed by atoms with Crippen molar-refractivity contribution >= 4 is 17.4 Å². The summed E-state index contributed by atoms with van der Waals surface area (Å²) in [6.07, 6.45) is 0. The Bertz CT molecular complexity index is 531. The van der Waals surface area contributed by atoms with Crippen molar-refractivity contribution in [2.45, 2.75) is 0 Å². The van der Waals surface area contributed by atoms with Gasteiger partial charge in [-0.1, -0.05) is 29.8 Å². The Kier molecular flexibility index (Phi) is 3.21. The predicted octanol–water partition coefficient (Wildman–Crippen LogP) is 2.14. The van der Waals surface area contributed by atoms with Crippen LogP contribution in [0.2, 0.25) is 5.02 Å². The fraction of sp³-hybridized carbons (Fsp3) is 0.308. The maximum Gasteiger partial charge on any atom is 0.151 e. The van der Waals surface area contributed by atoms with Gasteiger partial charge in [0.2, 0.25) is 0 Å². The van der Waals surface area contributed by atoms with E-state index in [9.17, 15) is 0 Å². The molecular formula is C13H15ClN4. The van der Waals surface area contributed by atoms with Gasteiger partial charge in [-0.2, -0.15) is 5.10 Å². The van der Waals surface area contributed by atoms with Gasteiger partial charge in [0.15, 0.2) is 5.82 Å². The van der Waals surface area contributed by atoms with Gasteiger partial charge in [0.1, 0.15) is 0 Å². The quantitative estimate of drug-likeness (QED) is 0.872. The lowest BCUT2D eigenvalue weighted by molar-refractivity contribution is 0.584. The standard InChI is InChI=1S/C13H15ClN4/c14-11-4-2-1-3-10(11)12-9-13(17-16-12)18-7-5-15-6-8-18/h1-4,9,15H,5-8H2,(H,16,17). The zero-order chi connectivity index (χ0) is 12.4. The van der Waals surface area contributed by atoms with E-state index >= 15 is 0 Å². The largest absolute Gasteiger partial charge is 0.353 e. The molecule has 0 saturated carbocycles. The summed E-state index contributed by atoms with van der Waals surface area (Å²) < 4.78 is 0. The maximum atomic E-state index is 6.18. The average Bonchev–Trinajstić information content (AvgIpc) is 2.90. The first-order valence-corrected chi connectivity index (χ1v) is 6.48. The molecule has 0 atom stereocenters. The van der Waals surface area contributed by atoms with Crippen LogP contribution in [0.1, 0.15) is 0 Å². The lowest BCUT2D eigenvalue weighted by atomic mass is 10.1. The number of benzene rings is 1. The number of hydrogen-bond acceptors (Lipinski definition) is 3. The molecule has 18 heavy (non-hydrogen) atoms. The number of rotatable bonds is 2. The molecule has 4 nitrogen and oxygen atoms in total. The van der Waals surface area contributed by atoms with Gasteiger partial charge in [0.25, 0.3) is 0 Å². The van der Waals surface area contributed by atoms with Crippen LogP contribution < -0.4 is 10.2 Å². The normalized spacial score (nSPS) is 15.9. The third-order valence-electron chi connectivity index (χ3n) is 3.17. The highest BCUT2D eigenvalue weighted by molar-refractivity contribution is 6.33. The molecule has 94 valence electrons. The fourth-order valence-corrected chi connectivity index (χ4v) is 2.42. The van der Waals surface area contributed by atoms with E-state index in [0.717, 1.165) is 48.3 Å². The van der Waals surface area contributed by atoms with Gasteiger partial charge in [-0.25, -0.2) is 0 Å². The SMILES string of the molecule is Clc1ccccc1-c1cc(N2CCNCC2)n[nH]1. The third-order valence-corrected chi connectivity index (χ3v) is 3.50. The molecule has 2 heterocycles. The molecule has 1 fully saturated rings. The minimum Gasteiger partial charge on any atom is -0.353 e. The van der Waals surface area contributed by atoms with Crippen LogP contribution in [0.25, 0.3) is 11.3 Å². The van der Waals surface area contributed by atoms with Crippen molar-refractivity contribution in [3.63, 3.8) is 0 Å². The number of H-pyrrole nitrogens is 1. The van der Waals surface area contributed by atoms with Crippen LogP contribution >= 0.6 is 11.6 Å². The van der Waals surface area contributed by atoms with Gasteiger partial charge in [0.05, 0.1) is 5.69 Å². The highest BCUT2D eigenvalue weighted by Gasteiger charge is 2.14. The van der Waals surface area contributed by atoms with E-state index in [0.29, 0.717) is 0 Å². The van der Waals surface area contributed by atoms with E-state index in [-0.39, 0.29) is 0 Å². The first kappa shape index (κ1) is 11.6. The van der Waals surface area contributed by atoms with Gasteiger partial charge in [-0.05, 0) is 6.07 Å². The van der Waals surface area contributed by atoms with Gasteiger partial charge < -0.3 is 10.2 Å². The summed E-state index contributed by atoms with van der Waals surface area (Å²) >= 11 is 6.18. The van der Waals surface area contributed by atoms with Gasteiger partial charge >= 0.3 is 0 Å². The summed E-state index contributed by atoms with van der Waals surface area (Å²) in [4.78, 5) is 2.27. The van der Waals surface area contributed by atoms with E-state index in [2.05, 4.69) is 26.5 Å². The van der Waals surface area contributed by atoms with Crippen molar-refractivity contribution < 1.29 is 0 Å². The van der Waals surface area contributed by atoms with Crippen molar-refractivity contribution in [2.75, 3.05) is 31.1 Å². The highest BCUT2D eigenvalue weighted by atomic mass is 35.5. The fourth-order valence-electron chi connectivity index (χ4n) is 2.18. The van der Waals surface area contributed by atoms with Crippen LogP contribution in [-0.4, -0.2) is 36.4 Å². The number of hydrogen-bond donors (Lipinski definition) is 2. The van der Waals surface area contributed by atoms with E-state index in [4.69, 9.17) is 11.6 Å². The van der Waals surface area contributed by atoms with Gasteiger partial charge in [-0.15, -0.1) is 0 Å². The number of halogens is 1. The summed E-state index contributed by atoms with van der Waals surface area (Å²) in [5.41, 5.74) is 1.96. The molecule has 2 N–H and O–H groups in total. The molecule has 0 radical (unpaired) electrons. The van der Waals surface area contributed by atoms with Crippen LogP contribution in [0.5, 0.6) is 0 Å². The Balaban J connectivity index is 1.87. The van der Waals surface area contributed by atoms with Crippen LogP contribution in [0.15, 0.2) is 30.3 Å². The molecule has 1 aliphatic rings. The second kappa shape index (κ2) is 5.00. The summed E-state index contributed by atoms with van der Waals surface area (Å²) in [6.45, 7) is 4.00. The summed E-state index contributed by atoms with van der Waals surface area (Å²) in [5, 5.41) is 11.5. The van der Waals surface area contributed by atoms with Crippen molar-refractivity contribution in [3.05, 3.63) is 35.4 Å². The lowest BCUT2D eigenvalue weighted by Gasteiger charge is -2.26. The van der Waals surface area contributed by atoms with Gasteiger partial charge in [-0.3, -0.25) is 5.10 Å². The molecule has 2 aromatic rings. The highest BCUT2D eigenvalue weighted by Crippen LogP contribution is 2.28. The van der Waals surface area contributed by atoms with Gasteiger partial charge in [0, 0.05) is 42.8 Å². The molecule has 5 heteroatoms. The molecule has 1 aromatic heterocycles. The monoisotopic (exact) mass is 262 g/mol. The zero-order valence-corrected chi connectivity index (χ0v) is 10.7. The minimum atomic E-state index is 0.744. The number of nitrogens with one attached hydrogen (secondary N) is 2. The second-order valence-electron chi connectivity index (χ2n) is 4.36. The Morgan fingerprint density at radius 3 is 2.72 bits per heavy atom.